The van der Waals surface area contributed by atoms with E-state index >= 15 is 0 Å². The van der Waals surface area contributed by atoms with Crippen LogP contribution in [0.5, 0.6) is 0 Å². The number of non-ortho nitro benzene ring substituents is 1. The number of nitro groups is 1. The predicted octanol–water partition coefficient (Wildman–Crippen LogP) is 0.569. The Morgan fingerprint density at radius 1 is 1.44 bits per heavy atom. The summed E-state index contributed by atoms with van der Waals surface area (Å²) in [6.07, 6.45) is 0.646. The van der Waals surface area contributed by atoms with E-state index in [2.05, 4.69) is 5.32 Å². The monoisotopic (exact) mass is 249 g/mol. The van der Waals surface area contributed by atoms with Crippen molar-refractivity contribution in [3.05, 3.63) is 39.9 Å². The van der Waals surface area contributed by atoms with Crippen molar-refractivity contribution >= 4 is 11.6 Å². The summed E-state index contributed by atoms with van der Waals surface area (Å²) in [6, 6.07) is 6.55. The number of piperazine rings is 1. The smallest absolute Gasteiger partial charge is 0.269 e. The molecule has 1 aliphatic rings. The molecule has 0 radical (unpaired) electrons. The van der Waals surface area contributed by atoms with E-state index in [0.29, 0.717) is 26.1 Å². The molecular weight excluding hydrogens is 234 g/mol. The average Bonchev–Trinajstić information content (AvgIpc) is 2.38. The first-order valence-electron chi connectivity index (χ1n) is 5.88. The van der Waals surface area contributed by atoms with Crippen molar-refractivity contribution in [2.45, 2.75) is 6.42 Å². The number of carbonyl (C=O) groups excluding carboxylic acids is 1. The van der Waals surface area contributed by atoms with Crippen LogP contribution in [0.3, 0.4) is 0 Å². The van der Waals surface area contributed by atoms with E-state index in [1.165, 1.54) is 6.07 Å². The highest BCUT2D eigenvalue weighted by Crippen LogP contribution is 2.13. The number of carbonyl (C=O) groups is 1. The van der Waals surface area contributed by atoms with Gasteiger partial charge < -0.3 is 10.2 Å². The minimum Gasteiger partial charge on any atom is -0.340 e. The van der Waals surface area contributed by atoms with Crippen molar-refractivity contribution in [3.8, 4) is 0 Å². The van der Waals surface area contributed by atoms with Crippen molar-refractivity contribution in [1.82, 2.24) is 10.2 Å². The Balaban J connectivity index is 1.95. The SMILES string of the molecule is O=C1CNCCN1CCc1cccc([N+](=O)[O-])c1. The predicted molar refractivity (Wildman–Crippen MR) is 66.3 cm³/mol. The van der Waals surface area contributed by atoms with Crippen LogP contribution in [0.15, 0.2) is 24.3 Å². The fourth-order valence-corrected chi connectivity index (χ4v) is 1.97. The van der Waals surface area contributed by atoms with E-state index in [1.807, 2.05) is 6.07 Å². The molecule has 2 rings (SSSR count). The summed E-state index contributed by atoms with van der Waals surface area (Å²) in [7, 11) is 0. The maximum Gasteiger partial charge on any atom is 0.269 e. The standard InChI is InChI=1S/C12H15N3O3/c16-12-9-13-5-7-14(12)6-4-10-2-1-3-11(8-10)15(17)18/h1-3,8,13H,4-7,9H2. The van der Waals surface area contributed by atoms with E-state index in [-0.39, 0.29) is 11.6 Å². The largest absolute Gasteiger partial charge is 0.340 e. The topological polar surface area (TPSA) is 75.5 Å². The van der Waals surface area contributed by atoms with Crippen LogP contribution >= 0.6 is 0 Å². The van der Waals surface area contributed by atoms with Crippen molar-refractivity contribution < 1.29 is 9.72 Å². The lowest BCUT2D eigenvalue weighted by Gasteiger charge is -2.27. The third-order valence-electron chi connectivity index (χ3n) is 2.98. The fourth-order valence-electron chi connectivity index (χ4n) is 1.97. The molecule has 6 nitrogen and oxygen atoms in total. The number of nitrogens with zero attached hydrogens (tertiary/aromatic N) is 2. The van der Waals surface area contributed by atoms with E-state index in [1.54, 1.807) is 17.0 Å². The maximum atomic E-state index is 11.5. The van der Waals surface area contributed by atoms with Gasteiger partial charge in [0.2, 0.25) is 5.91 Å². The van der Waals surface area contributed by atoms with E-state index in [9.17, 15) is 14.9 Å². The molecule has 6 heteroatoms. The third-order valence-corrected chi connectivity index (χ3v) is 2.98. The summed E-state index contributed by atoms with van der Waals surface area (Å²) < 4.78 is 0. The molecule has 0 bridgehead atoms. The Morgan fingerprint density at radius 3 is 3.00 bits per heavy atom. The summed E-state index contributed by atoms with van der Waals surface area (Å²) in [5.41, 5.74) is 0.981. The maximum absolute atomic E-state index is 11.5. The van der Waals surface area contributed by atoms with Crippen LogP contribution in [0, 0.1) is 10.1 Å². The molecule has 18 heavy (non-hydrogen) atoms. The molecule has 0 unspecified atom stereocenters. The molecule has 1 aromatic rings. The summed E-state index contributed by atoms with van der Waals surface area (Å²) >= 11 is 0. The van der Waals surface area contributed by atoms with Gasteiger partial charge in [0.05, 0.1) is 11.5 Å². The highest BCUT2D eigenvalue weighted by atomic mass is 16.6. The molecule has 1 amide bonds. The van der Waals surface area contributed by atoms with Crippen LogP contribution in [-0.4, -0.2) is 41.9 Å². The van der Waals surface area contributed by atoms with Gasteiger partial charge in [-0.3, -0.25) is 14.9 Å². The molecule has 0 aromatic heterocycles. The molecule has 1 fully saturated rings. The number of hydrogen-bond acceptors (Lipinski definition) is 4. The van der Waals surface area contributed by atoms with Gasteiger partial charge in [0.15, 0.2) is 0 Å². The van der Waals surface area contributed by atoms with Crippen LogP contribution in [0.1, 0.15) is 5.56 Å². The minimum absolute atomic E-state index is 0.0895. The zero-order valence-corrected chi connectivity index (χ0v) is 9.96. The van der Waals surface area contributed by atoms with Crippen molar-refractivity contribution in [2.75, 3.05) is 26.2 Å². The molecule has 0 atom stereocenters. The van der Waals surface area contributed by atoms with Crippen LogP contribution < -0.4 is 5.32 Å². The van der Waals surface area contributed by atoms with E-state index in [0.717, 1.165) is 12.1 Å². The highest BCUT2D eigenvalue weighted by molar-refractivity contribution is 5.78. The number of benzene rings is 1. The number of hydrogen-bond donors (Lipinski definition) is 1. The molecule has 1 aliphatic heterocycles. The molecule has 1 N–H and O–H groups in total. The fraction of sp³-hybridized carbons (Fsp3) is 0.417. The normalized spacial score (nSPS) is 15.8. The lowest BCUT2D eigenvalue weighted by molar-refractivity contribution is -0.384. The van der Waals surface area contributed by atoms with Crippen molar-refractivity contribution in [3.63, 3.8) is 0 Å². The summed E-state index contributed by atoms with van der Waals surface area (Å²) in [5.74, 6) is 0.0895. The Bertz CT molecular complexity index is 462. The second kappa shape index (κ2) is 5.59. The molecule has 0 aliphatic carbocycles. The zero-order valence-electron chi connectivity index (χ0n) is 9.96. The lowest BCUT2D eigenvalue weighted by Crippen LogP contribution is -2.48. The average molecular weight is 249 g/mol. The first-order valence-corrected chi connectivity index (χ1v) is 5.88. The Morgan fingerprint density at radius 2 is 2.28 bits per heavy atom. The van der Waals surface area contributed by atoms with Crippen LogP contribution in [0.25, 0.3) is 0 Å². The highest BCUT2D eigenvalue weighted by Gasteiger charge is 2.17. The molecule has 1 heterocycles. The van der Waals surface area contributed by atoms with E-state index < -0.39 is 4.92 Å². The van der Waals surface area contributed by atoms with Crippen LogP contribution in [-0.2, 0) is 11.2 Å². The quantitative estimate of drug-likeness (QED) is 0.625. The van der Waals surface area contributed by atoms with Gasteiger partial charge in [0.1, 0.15) is 0 Å². The molecule has 0 spiro atoms. The first-order chi connectivity index (χ1) is 8.66. The van der Waals surface area contributed by atoms with Gasteiger partial charge >= 0.3 is 0 Å². The number of rotatable bonds is 4. The second-order valence-corrected chi connectivity index (χ2v) is 4.23. The van der Waals surface area contributed by atoms with Gasteiger partial charge in [-0.25, -0.2) is 0 Å². The zero-order chi connectivity index (χ0) is 13.0. The van der Waals surface area contributed by atoms with Gasteiger partial charge in [-0.15, -0.1) is 0 Å². The van der Waals surface area contributed by atoms with Gasteiger partial charge in [-0.2, -0.15) is 0 Å². The Kier molecular flexibility index (Phi) is 3.88. The van der Waals surface area contributed by atoms with Gasteiger partial charge in [-0.05, 0) is 12.0 Å². The molecular formula is C12H15N3O3. The molecule has 96 valence electrons. The lowest BCUT2D eigenvalue weighted by atomic mass is 10.1. The third kappa shape index (κ3) is 3.04. The summed E-state index contributed by atoms with van der Waals surface area (Å²) in [6.45, 7) is 2.51. The van der Waals surface area contributed by atoms with Gasteiger partial charge in [0, 0.05) is 31.8 Å². The molecule has 0 saturated carbocycles. The number of nitrogens with one attached hydrogen (secondary N) is 1. The first kappa shape index (κ1) is 12.5. The second-order valence-electron chi connectivity index (χ2n) is 4.23. The number of nitro benzene ring substituents is 1. The van der Waals surface area contributed by atoms with Crippen LogP contribution in [0.2, 0.25) is 0 Å². The van der Waals surface area contributed by atoms with Gasteiger partial charge in [0.25, 0.3) is 5.69 Å². The number of amides is 1. The minimum atomic E-state index is -0.403. The summed E-state index contributed by atoms with van der Waals surface area (Å²) in [4.78, 5) is 23.6. The molecule has 1 saturated heterocycles. The Labute approximate surface area is 105 Å². The van der Waals surface area contributed by atoms with Gasteiger partial charge in [-0.1, -0.05) is 12.1 Å². The van der Waals surface area contributed by atoms with Crippen molar-refractivity contribution in [1.29, 1.82) is 0 Å². The summed E-state index contributed by atoms with van der Waals surface area (Å²) in [5, 5.41) is 13.7. The molecule has 1 aromatic carbocycles. The van der Waals surface area contributed by atoms with Crippen LogP contribution in [0.4, 0.5) is 5.69 Å². The van der Waals surface area contributed by atoms with E-state index in [4.69, 9.17) is 0 Å². The van der Waals surface area contributed by atoms with Crippen molar-refractivity contribution in [2.24, 2.45) is 0 Å². The Hall–Kier alpha value is -1.95.